The van der Waals surface area contributed by atoms with Crippen molar-refractivity contribution in [2.24, 2.45) is 4.99 Å². The molecule has 0 saturated carbocycles. The molecule has 2 N–H and O–H groups in total. The molecular weight excluding hydrogens is 178 g/mol. The van der Waals surface area contributed by atoms with Crippen LogP contribution in [0.2, 0.25) is 0 Å². The summed E-state index contributed by atoms with van der Waals surface area (Å²) in [6.07, 6.45) is 0. The van der Waals surface area contributed by atoms with Gasteiger partial charge in [0.05, 0.1) is 6.54 Å². The second kappa shape index (κ2) is 3.49. The first-order valence-electron chi connectivity index (χ1n) is 4.42. The monoisotopic (exact) mass is 189 g/mol. The molecule has 0 spiro atoms. The van der Waals surface area contributed by atoms with Gasteiger partial charge < -0.3 is 5.32 Å². The summed E-state index contributed by atoms with van der Waals surface area (Å²) >= 11 is 0. The normalized spacial score (nSPS) is 13.1. The fraction of sp³-hybridized carbons (Fsp3) is 0.200. The molecule has 0 radical (unpaired) electrons. The molecule has 0 aromatic heterocycles. The maximum absolute atomic E-state index is 11.1. The van der Waals surface area contributed by atoms with Crippen LogP contribution in [0.25, 0.3) is 0 Å². The number of amidine groups is 1. The van der Waals surface area contributed by atoms with Crippen LogP contribution in [0.15, 0.2) is 29.3 Å². The Bertz CT molecular complexity index is 398. The topological polar surface area (TPSA) is 53.5 Å². The molecule has 0 aliphatic carbocycles. The highest BCUT2D eigenvalue weighted by molar-refractivity contribution is 6.09. The molecule has 2 amide bonds. The van der Waals surface area contributed by atoms with Gasteiger partial charge in [-0.1, -0.05) is 24.3 Å². The van der Waals surface area contributed by atoms with Crippen LogP contribution >= 0.6 is 0 Å². The molecule has 4 heteroatoms. The van der Waals surface area contributed by atoms with E-state index in [0.717, 1.165) is 11.1 Å². The summed E-state index contributed by atoms with van der Waals surface area (Å²) in [5.41, 5.74) is 2.16. The van der Waals surface area contributed by atoms with E-state index >= 15 is 0 Å². The van der Waals surface area contributed by atoms with Crippen LogP contribution < -0.4 is 10.6 Å². The molecule has 1 heterocycles. The Morgan fingerprint density at radius 1 is 1.43 bits per heavy atom. The highest BCUT2D eigenvalue weighted by Gasteiger charge is 2.15. The first-order chi connectivity index (χ1) is 6.81. The Balaban J connectivity index is 2.21. The van der Waals surface area contributed by atoms with Crippen LogP contribution in [-0.2, 0) is 6.54 Å². The molecule has 1 aromatic rings. The van der Waals surface area contributed by atoms with Crippen molar-refractivity contribution in [1.82, 2.24) is 10.6 Å². The van der Waals surface area contributed by atoms with E-state index in [9.17, 15) is 4.79 Å². The van der Waals surface area contributed by atoms with E-state index in [1.165, 1.54) is 0 Å². The zero-order valence-corrected chi connectivity index (χ0v) is 7.87. The van der Waals surface area contributed by atoms with Crippen LogP contribution in [0, 0.1) is 0 Å². The second-order valence-electron chi connectivity index (χ2n) is 3.03. The van der Waals surface area contributed by atoms with Crippen molar-refractivity contribution >= 4 is 11.9 Å². The number of nitrogens with one attached hydrogen (secondary N) is 2. The maximum Gasteiger partial charge on any atom is 0.320 e. The van der Waals surface area contributed by atoms with Crippen LogP contribution in [0.5, 0.6) is 0 Å². The summed E-state index contributed by atoms with van der Waals surface area (Å²) in [5, 5.41) is 5.18. The smallest absolute Gasteiger partial charge is 0.320 e. The van der Waals surface area contributed by atoms with Gasteiger partial charge in [0.25, 0.3) is 0 Å². The van der Waals surface area contributed by atoms with E-state index in [1.807, 2.05) is 24.3 Å². The molecule has 2 rings (SSSR count). The SMILES string of the molecule is CNC(=O)NC1=NCc2ccccc21. The number of urea groups is 1. The number of hydrogen-bond donors (Lipinski definition) is 2. The lowest BCUT2D eigenvalue weighted by molar-refractivity contribution is 0.247. The molecule has 72 valence electrons. The highest BCUT2D eigenvalue weighted by Crippen LogP contribution is 2.16. The van der Waals surface area contributed by atoms with Gasteiger partial charge >= 0.3 is 6.03 Å². The summed E-state index contributed by atoms with van der Waals surface area (Å²) in [6.45, 7) is 0.648. The minimum Gasteiger partial charge on any atom is -0.341 e. The third kappa shape index (κ3) is 1.46. The van der Waals surface area contributed by atoms with Crippen LogP contribution in [0.3, 0.4) is 0 Å². The predicted molar refractivity (Wildman–Crippen MR) is 54.3 cm³/mol. The molecule has 1 aliphatic heterocycles. The number of amides is 2. The molecule has 1 aromatic carbocycles. The standard InChI is InChI=1S/C10H11N3O/c1-11-10(14)13-9-8-5-3-2-4-7(8)6-12-9/h2-5H,6H2,1H3,(H2,11,12,13,14). The Morgan fingerprint density at radius 2 is 2.21 bits per heavy atom. The van der Waals surface area contributed by atoms with E-state index in [0.29, 0.717) is 12.4 Å². The van der Waals surface area contributed by atoms with Gasteiger partial charge in [-0.3, -0.25) is 10.3 Å². The van der Waals surface area contributed by atoms with E-state index in [2.05, 4.69) is 15.6 Å². The molecule has 4 nitrogen and oxygen atoms in total. The van der Waals surface area contributed by atoms with E-state index < -0.39 is 0 Å². The van der Waals surface area contributed by atoms with Crippen molar-refractivity contribution < 1.29 is 4.79 Å². The number of benzene rings is 1. The fourth-order valence-electron chi connectivity index (χ4n) is 1.42. The van der Waals surface area contributed by atoms with Gasteiger partial charge in [0.15, 0.2) is 0 Å². The fourth-order valence-corrected chi connectivity index (χ4v) is 1.42. The summed E-state index contributed by atoms with van der Waals surface area (Å²) in [6, 6.07) is 7.64. The number of fused-ring (bicyclic) bond motifs is 1. The lowest BCUT2D eigenvalue weighted by Crippen LogP contribution is -2.37. The summed E-state index contributed by atoms with van der Waals surface area (Å²) in [4.78, 5) is 15.3. The van der Waals surface area contributed by atoms with Crippen molar-refractivity contribution in [1.29, 1.82) is 0 Å². The van der Waals surface area contributed by atoms with Crippen LogP contribution in [-0.4, -0.2) is 18.9 Å². The van der Waals surface area contributed by atoms with Crippen LogP contribution in [0.1, 0.15) is 11.1 Å². The van der Waals surface area contributed by atoms with Gasteiger partial charge in [-0.15, -0.1) is 0 Å². The van der Waals surface area contributed by atoms with Gasteiger partial charge in [0.2, 0.25) is 0 Å². The average Bonchev–Trinajstić information content (AvgIpc) is 2.62. The lowest BCUT2D eigenvalue weighted by atomic mass is 10.1. The van der Waals surface area contributed by atoms with Gasteiger partial charge in [0.1, 0.15) is 5.84 Å². The lowest BCUT2D eigenvalue weighted by Gasteiger charge is -2.04. The number of rotatable bonds is 0. The number of carbonyl (C=O) groups excluding carboxylic acids is 1. The minimum atomic E-state index is -0.236. The van der Waals surface area contributed by atoms with Crippen molar-refractivity contribution in [2.45, 2.75) is 6.54 Å². The number of nitrogens with zero attached hydrogens (tertiary/aromatic N) is 1. The first-order valence-corrected chi connectivity index (χ1v) is 4.42. The number of carbonyl (C=O) groups is 1. The van der Waals surface area contributed by atoms with Crippen LogP contribution in [0.4, 0.5) is 4.79 Å². The Morgan fingerprint density at radius 3 is 3.00 bits per heavy atom. The molecule has 0 atom stereocenters. The predicted octanol–water partition coefficient (Wildman–Crippen LogP) is 0.876. The Hall–Kier alpha value is -1.84. The third-order valence-corrected chi connectivity index (χ3v) is 2.14. The molecule has 0 fully saturated rings. The molecule has 0 bridgehead atoms. The maximum atomic E-state index is 11.1. The minimum absolute atomic E-state index is 0.236. The molecule has 1 aliphatic rings. The van der Waals surface area contributed by atoms with Gasteiger partial charge in [-0.05, 0) is 5.56 Å². The second-order valence-corrected chi connectivity index (χ2v) is 3.03. The summed E-state index contributed by atoms with van der Waals surface area (Å²) in [5.74, 6) is 0.653. The van der Waals surface area contributed by atoms with E-state index in [4.69, 9.17) is 0 Å². The number of hydrogen-bond acceptors (Lipinski definition) is 2. The Labute approximate surface area is 82.0 Å². The number of aliphatic imine (C=N–C) groups is 1. The van der Waals surface area contributed by atoms with Gasteiger partial charge in [-0.2, -0.15) is 0 Å². The molecule has 14 heavy (non-hydrogen) atoms. The third-order valence-electron chi connectivity index (χ3n) is 2.14. The Kier molecular flexibility index (Phi) is 2.18. The molecule has 0 unspecified atom stereocenters. The first kappa shape index (κ1) is 8.74. The zero-order chi connectivity index (χ0) is 9.97. The highest BCUT2D eigenvalue weighted by atomic mass is 16.2. The average molecular weight is 189 g/mol. The largest absolute Gasteiger partial charge is 0.341 e. The van der Waals surface area contributed by atoms with Crippen molar-refractivity contribution in [3.8, 4) is 0 Å². The van der Waals surface area contributed by atoms with Gasteiger partial charge in [-0.25, -0.2) is 4.79 Å². The van der Waals surface area contributed by atoms with Gasteiger partial charge in [0, 0.05) is 12.6 Å². The van der Waals surface area contributed by atoms with Crippen molar-refractivity contribution in [2.75, 3.05) is 7.05 Å². The summed E-state index contributed by atoms with van der Waals surface area (Å²) in [7, 11) is 1.58. The van der Waals surface area contributed by atoms with E-state index in [1.54, 1.807) is 7.05 Å². The summed E-state index contributed by atoms with van der Waals surface area (Å²) < 4.78 is 0. The van der Waals surface area contributed by atoms with Crippen molar-refractivity contribution in [3.05, 3.63) is 35.4 Å². The van der Waals surface area contributed by atoms with Crippen molar-refractivity contribution in [3.63, 3.8) is 0 Å². The molecule has 0 saturated heterocycles. The quantitative estimate of drug-likeness (QED) is 0.625. The van der Waals surface area contributed by atoms with E-state index in [-0.39, 0.29) is 6.03 Å². The molecular formula is C10H11N3O. The zero-order valence-electron chi connectivity index (χ0n) is 7.87.